The molecule has 84 valence electrons. The van der Waals surface area contributed by atoms with Gasteiger partial charge in [0.1, 0.15) is 12.7 Å². The second-order valence-electron chi connectivity index (χ2n) is 4.50. The fraction of sp³-hybridized carbons (Fsp3) is 0.462. The van der Waals surface area contributed by atoms with E-state index >= 15 is 0 Å². The molecule has 1 aliphatic heterocycles. The van der Waals surface area contributed by atoms with Crippen molar-refractivity contribution in [1.82, 2.24) is 5.32 Å². The highest BCUT2D eigenvalue weighted by atomic mass is 16.5. The molecule has 0 unspecified atom stereocenters. The molecular formula is C13H15NO2. The summed E-state index contributed by atoms with van der Waals surface area (Å²) in [6.45, 7) is 0.190. The summed E-state index contributed by atoms with van der Waals surface area (Å²) in [5.74, 6) is 0.0145. The molecular weight excluding hydrogens is 202 g/mol. The first-order chi connectivity index (χ1) is 7.84. The van der Waals surface area contributed by atoms with E-state index in [9.17, 15) is 4.79 Å². The molecule has 0 bridgehead atoms. The van der Waals surface area contributed by atoms with Gasteiger partial charge in [-0.15, -0.1) is 0 Å². The van der Waals surface area contributed by atoms with Gasteiger partial charge in [-0.25, -0.2) is 0 Å². The lowest BCUT2D eigenvalue weighted by molar-refractivity contribution is -0.137. The van der Waals surface area contributed by atoms with Crippen LogP contribution in [-0.4, -0.2) is 18.6 Å². The molecule has 1 aromatic rings. The van der Waals surface area contributed by atoms with Crippen molar-refractivity contribution in [2.75, 3.05) is 6.61 Å². The Hall–Kier alpha value is -1.35. The van der Waals surface area contributed by atoms with Gasteiger partial charge in [0.25, 0.3) is 0 Å². The fourth-order valence-corrected chi connectivity index (χ4v) is 2.69. The van der Waals surface area contributed by atoms with Crippen molar-refractivity contribution in [3.63, 3.8) is 0 Å². The topological polar surface area (TPSA) is 38.3 Å². The molecule has 0 spiro atoms. The van der Waals surface area contributed by atoms with E-state index < -0.39 is 0 Å². The summed E-state index contributed by atoms with van der Waals surface area (Å²) in [6.07, 6.45) is 3.26. The van der Waals surface area contributed by atoms with Crippen LogP contribution in [0.1, 0.15) is 30.1 Å². The predicted octanol–water partition coefficient (Wildman–Crippen LogP) is 1.58. The molecule has 1 aliphatic carbocycles. The third-order valence-corrected chi connectivity index (χ3v) is 3.43. The van der Waals surface area contributed by atoms with Gasteiger partial charge in [-0.05, 0) is 30.4 Å². The van der Waals surface area contributed by atoms with Crippen LogP contribution in [0, 0.1) is 0 Å². The monoisotopic (exact) mass is 217 g/mol. The number of amides is 1. The predicted molar refractivity (Wildman–Crippen MR) is 60.0 cm³/mol. The van der Waals surface area contributed by atoms with Gasteiger partial charge in [-0.2, -0.15) is 0 Å². The van der Waals surface area contributed by atoms with Crippen LogP contribution in [0.3, 0.4) is 0 Å². The molecule has 3 rings (SSSR count). The number of fused-ring (bicyclic) bond motifs is 3. The quantitative estimate of drug-likeness (QED) is 0.716. The third kappa shape index (κ3) is 1.61. The highest BCUT2D eigenvalue weighted by Crippen LogP contribution is 2.33. The summed E-state index contributed by atoms with van der Waals surface area (Å²) in [5.41, 5.74) is 2.62. The van der Waals surface area contributed by atoms with Crippen LogP contribution in [-0.2, 0) is 16.0 Å². The van der Waals surface area contributed by atoms with Gasteiger partial charge in [0, 0.05) is 0 Å². The number of hydrogen-bond donors (Lipinski definition) is 1. The van der Waals surface area contributed by atoms with Gasteiger partial charge in [0.15, 0.2) is 0 Å². The number of hydrogen-bond acceptors (Lipinski definition) is 2. The Labute approximate surface area is 94.8 Å². The van der Waals surface area contributed by atoms with E-state index in [-0.39, 0.29) is 24.7 Å². The first kappa shape index (κ1) is 9.85. The Morgan fingerprint density at radius 3 is 3.12 bits per heavy atom. The normalized spacial score (nSPS) is 28.6. The molecule has 1 saturated heterocycles. The maximum Gasteiger partial charge on any atom is 0.246 e. The summed E-state index contributed by atoms with van der Waals surface area (Å²) in [6, 6.07) is 8.55. The van der Waals surface area contributed by atoms with E-state index in [2.05, 4.69) is 23.5 Å². The molecule has 2 aliphatic rings. The molecule has 16 heavy (non-hydrogen) atoms. The van der Waals surface area contributed by atoms with Crippen LogP contribution < -0.4 is 5.32 Å². The summed E-state index contributed by atoms with van der Waals surface area (Å²) >= 11 is 0. The molecule has 0 aromatic heterocycles. The van der Waals surface area contributed by atoms with Gasteiger partial charge in [0.05, 0.1) is 6.04 Å². The number of carbonyl (C=O) groups is 1. The minimum Gasteiger partial charge on any atom is -0.362 e. The summed E-state index contributed by atoms with van der Waals surface area (Å²) < 4.78 is 5.69. The molecule has 1 heterocycles. The number of aryl methyl sites for hydroxylation is 1. The summed E-state index contributed by atoms with van der Waals surface area (Å²) in [7, 11) is 0. The SMILES string of the molecule is O=C1CO[C@H]2c3ccccc3CCC[C@@H]2N1. The summed E-state index contributed by atoms with van der Waals surface area (Å²) in [5, 5.41) is 3.04. The van der Waals surface area contributed by atoms with E-state index in [1.807, 2.05) is 6.07 Å². The molecule has 1 N–H and O–H groups in total. The number of morpholine rings is 1. The highest BCUT2D eigenvalue weighted by Gasteiger charge is 2.33. The minimum atomic E-state index is 0.0145. The average Bonchev–Trinajstić information content (AvgIpc) is 2.47. The highest BCUT2D eigenvalue weighted by molar-refractivity contribution is 5.78. The standard InChI is InChI=1S/C13H15NO2/c15-12-8-16-13-10-6-2-1-4-9(10)5-3-7-11(13)14-12/h1-2,4,6,11,13H,3,5,7-8H2,(H,14,15)/t11-,13-/m0/s1. The molecule has 3 nitrogen and oxygen atoms in total. The maximum atomic E-state index is 11.3. The molecule has 0 saturated carbocycles. The Balaban J connectivity index is 1.98. The van der Waals surface area contributed by atoms with E-state index in [1.165, 1.54) is 11.1 Å². The second kappa shape index (κ2) is 3.91. The molecule has 0 radical (unpaired) electrons. The van der Waals surface area contributed by atoms with E-state index in [1.54, 1.807) is 0 Å². The Morgan fingerprint density at radius 2 is 2.19 bits per heavy atom. The van der Waals surface area contributed by atoms with Crippen LogP contribution in [0.15, 0.2) is 24.3 Å². The lowest BCUT2D eigenvalue weighted by atomic mass is 9.98. The van der Waals surface area contributed by atoms with Crippen LogP contribution in [0.5, 0.6) is 0 Å². The third-order valence-electron chi connectivity index (χ3n) is 3.43. The Kier molecular flexibility index (Phi) is 2.40. The van der Waals surface area contributed by atoms with Crippen LogP contribution in [0.4, 0.5) is 0 Å². The number of nitrogens with one attached hydrogen (secondary N) is 1. The lowest BCUT2D eigenvalue weighted by Crippen LogP contribution is -2.47. The van der Waals surface area contributed by atoms with E-state index in [4.69, 9.17) is 4.74 Å². The maximum absolute atomic E-state index is 11.3. The van der Waals surface area contributed by atoms with Gasteiger partial charge < -0.3 is 10.1 Å². The first-order valence-corrected chi connectivity index (χ1v) is 5.83. The van der Waals surface area contributed by atoms with Gasteiger partial charge >= 0.3 is 0 Å². The second-order valence-corrected chi connectivity index (χ2v) is 4.50. The van der Waals surface area contributed by atoms with E-state index in [0.29, 0.717) is 0 Å². The average molecular weight is 217 g/mol. The number of rotatable bonds is 0. The zero-order valence-electron chi connectivity index (χ0n) is 9.11. The molecule has 1 amide bonds. The van der Waals surface area contributed by atoms with Crippen molar-refractivity contribution in [2.24, 2.45) is 0 Å². The van der Waals surface area contributed by atoms with E-state index in [0.717, 1.165) is 19.3 Å². The van der Waals surface area contributed by atoms with Crippen molar-refractivity contribution in [3.05, 3.63) is 35.4 Å². The Morgan fingerprint density at radius 1 is 1.31 bits per heavy atom. The van der Waals surface area contributed by atoms with Gasteiger partial charge in [-0.1, -0.05) is 24.3 Å². The van der Waals surface area contributed by atoms with Crippen molar-refractivity contribution in [2.45, 2.75) is 31.4 Å². The molecule has 2 atom stereocenters. The van der Waals surface area contributed by atoms with Crippen LogP contribution >= 0.6 is 0 Å². The van der Waals surface area contributed by atoms with Crippen molar-refractivity contribution in [1.29, 1.82) is 0 Å². The van der Waals surface area contributed by atoms with Crippen molar-refractivity contribution in [3.8, 4) is 0 Å². The van der Waals surface area contributed by atoms with Gasteiger partial charge in [-0.3, -0.25) is 4.79 Å². The van der Waals surface area contributed by atoms with Crippen LogP contribution in [0.2, 0.25) is 0 Å². The minimum absolute atomic E-state index is 0.0145. The number of ether oxygens (including phenoxy) is 1. The van der Waals surface area contributed by atoms with Crippen molar-refractivity contribution >= 4 is 5.91 Å². The van der Waals surface area contributed by atoms with Crippen LogP contribution in [0.25, 0.3) is 0 Å². The lowest BCUT2D eigenvalue weighted by Gasteiger charge is -2.31. The number of benzene rings is 1. The largest absolute Gasteiger partial charge is 0.362 e. The smallest absolute Gasteiger partial charge is 0.246 e. The molecule has 3 heteroatoms. The summed E-state index contributed by atoms with van der Waals surface area (Å²) in [4.78, 5) is 11.3. The zero-order valence-corrected chi connectivity index (χ0v) is 9.11. The zero-order chi connectivity index (χ0) is 11.0. The molecule has 1 fully saturated rings. The molecule has 1 aromatic carbocycles. The first-order valence-electron chi connectivity index (χ1n) is 5.83. The fourth-order valence-electron chi connectivity index (χ4n) is 2.69. The van der Waals surface area contributed by atoms with Crippen molar-refractivity contribution < 1.29 is 9.53 Å². The Bertz CT molecular complexity index is 416. The van der Waals surface area contributed by atoms with Gasteiger partial charge in [0.2, 0.25) is 5.91 Å². The number of carbonyl (C=O) groups excluding carboxylic acids is 1.